The lowest BCUT2D eigenvalue weighted by Crippen LogP contribution is -2.10. The van der Waals surface area contributed by atoms with Gasteiger partial charge in [0.15, 0.2) is 0 Å². The van der Waals surface area contributed by atoms with Crippen LogP contribution in [0.15, 0.2) is 217 Å². The third-order valence-electron chi connectivity index (χ3n) is 11.3. The molecule has 11 aromatic rings. The summed E-state index contributed by atoms with van der Waals surface area (Å²) in [4.78, 5) is 2.39. The third kappa shape index (κ3) is 5.26. The summed E-state index contributed by atoms with van der Waals surface area (Å²) in [6, 6.07) is 76.5. The Morgan fingerprint density at radius 2 is 0.839 bits per heavy atom. The van der Waals surface area contributed by atoms with E-state index in [4.69, 9.17) is 4.42 Å². The van der Waals surface area contributed by atoms with Gasteiger partial charge in [-0.15, -0.1) is 0 Å². The highest BCUT2D eigenvalue weighted by molar-refractivity contribution is 6.16. The summed E-state index contributed by atoms with van der Waals surface area (Å²) >= 11 is 0. The number of rotatable bonds is 6. The highest BCUT2D eigenvalue weighted by Crippen LogP contribution is 2.45. The van der Waals surface area contributed by atoms with Crippen LogP contribution in [-0.4, -0.2) is 0 Å². The van der Waals surface area contributed by atoms with Gasteiger partial charge < -0.3 is 9.32 Å². The van der Waals surface area contributed by atoms with Crippen molar-refractivity contribution in [1.29, 1.82) is 0 Å². The van der Waals surface area contributed by atoms with Crippen molar-refractivity contribution in [3.05, 3.63) is 212 Å². The summed E-state index contributed by atoms with van der Waals surface area (Å²) in [5, 5.41) is 9.73. The van der Waals surface area contributed by atoms with Crippen LogP contribution in [0.5, 0.6) is 0 Å². The zero-order chi connectivity index (χ0) is 37.0. The molecule has 262 valence electrons. The van der Waals surface area contributed by atoms with Crippen molar-refractivity contribution < 1.29 is 4.42 Å². The molecular formula is C54H35NO. The molecule has 0 aliphatic rings. The van der Waals surface area contributed by atoms with E-state index in [1.165, 1.54) is 54.6 Å². The predicted octanol–water partition coefficient (Wildman–Crippen LogP) is 15.5. The van der Waals surface area contributed by atoms with Gasteiger partial charge in [-0.1, -0.05) is 176 Å². The molecule has 0 N–H and O–H groups in total. The quantitative estimate of drug-likeness (QED) is 0.160. The molecule has 0 saturated carbocycles. The second kappa shape index (κ2) is 13.2. The van der Waals surface area contributed by atoms with Gasteiger partial charge in [0.25, 0.3) is 0 Å². The molecule has 56 heavy (non-hydrogen) atoms. The first-order chi connectivity index (χ1) is 27.8. The van der Waals surface area contributed by atoms with Gasteiger partial charge in [0.05, 0.1) is 5.69 Å². The van der Waals surface area contributed by atoms with E-state index >= 15 is 0 Å². The van der Waals surface area contributed by atoms with Gasteiger partial charge >= 0.3 is 0 Å². The average Bonchev–Trinajstić information content (AvgIpc) is 3.66. The van der Waals surface area contributed by atoms with Crippen LogP contribution < -0.4 is 4.90 Å². The van der Waals surface area contributed by atoms with E-state index in [1.807, 2.05) is 12.1 Å². The molecule has 0 radical (unpaired) electrons. The zero-order valence-corrected chi connectivity index (χ0v) is 30.6. The third-order valence-corrected chi connectivity index (χ3v) is 11.3. The van der Waals surface area contributed by atoms with E-state index in [2.05, 4.69) is 205 Å². The molecule has 11 rings (SSSR count). The first-order valence-electron chi connectivity index (χ1n) is 19.2. The lowest BCUT2D eigenvalue weighted by molar-refractivity contribution is 0.670. The van der Waals surface area contributed by atoms with E-state index in [0.29, 0.717) is 0 Å². The lowest BCUT2D eigenvalue weighted by atomic mass is 9.91. The molecule has 1 heterocycles. The van der Waals surface area contributed by atoms with Crippen LogP contribution in [0.1, 0.15) is 0 Å². The number of nitrogens with zero attached hydrogens (tertiary/aromatic N) is 1. The number of para-hydroxylation sites is 2. The average molecular weight is 714 g/mol. The van der Waals surface area contributed by atoms with Crippen LogP contribution in [0.2, 0.25) is 0 Å². The second-order valence-corrected chi connectivity index (χ2v) is 14.4. The Morgan fingerprint density at radius 1 is 0.286 bits per heavy atom. The van der Waals surface area contributed by atoms with Gasteiger partial charge in [0, 0.05) is 33.1 Å². The number of anilines is 3. The molecule has 0 aliphatic heterocycles. The molecule has 10 aromatic carbocycles. The van der Waals surface area contributed by atoms with E-state index in [1.54, 1.807) is 0 Å². The minimum absolute atomic E-state index is 0.906. The SMILES string of the molecule is c1ccc(-c2ccc(N(c3ccc(-c4cccc5c4oc4ccccc45)cc3)c3ccc(-c4cccc5c4ccc4ccccc45)c4ccccc34)cc2)cc1. The highest BCUT2D eigenvalue weighted by Gasteiger charge is 2.19. The Hall–Kier alpha value is -7.42. The Bertz CT molecular complexity index is 3230. The maximum Gasteiger partial charge on any atom is 0.143 e. The molecule has 0 aliphatic carbocycles. The summed E-state index contributed by atoms with van der Waals surface area (Å²) in [5.74, 6) is 0. The van der Waals surface area contributed by atoms with Crippen molar-refractivity contribution in [3.8, 4) is 33.4 Å². The largest absolute Gasteiger partial charge is 0.455 e. The molecular weight excluding hydrogens is 679 g/mol. The first-order valence-corrected chi connectivity index (χ1v) is 19.2. The van der Waals surface area contributed by atoms with E-state index < -0.39 is 0 Å². The van der Waals surface area contributed by atoms with Crippen molar-refractivity contribution in [2.75, 3.05) is 4.90 Å². The molecule has 2 heteroatoms. The maximum atomic E-state index is 6.44. The Morgan fingerprint density at radius 3 is 1.62 bits per heavy atom. The number of hydrogen-bond donors (Lipinski definition) is 0. The molecule has 0 fully saturated rings. The predicted molar refractivity (Wildman–Crippen MR) is 237 cm³/mol. The molecule has 0 spiro atoms. The van der Waals surface area contributed by atoms with Crippen LogP contribution in [0.25, 0.3) is 87.6 Å². The van der Waals surface area contributed by atoms with Crippen molar-refractivity contribution in [2.24, 2.45) is 0 Å². The van der Waals surface area contributed by atoms with Gasteiger partial charge in [-0.2, -0.15) is 0 Å². The van der Waals surface area contributed by atoms with Crippen molar-refractivity contribution in [3.63, 3.8) is 0 Å². The van der Waals surface area contributed by atoms with Crippen LogP contribution >= 0.6 is 0 Å². The molecule has 0 amide bonds. The molecule has 0 saturated heterocycles. The van der Waals surface area contributed by atoms with Crippen LogP contribution in [0.4, 0.5) is 17.1 Å². The fourth-order valence-corrected chi connectivity index (χ4v) is 8.61. The molecule has 0 unspecified atom stereocenters. The lowest BCUT2D eigenvalue weighted by Gasteiger charge is -2.28. The summed E-state index contributed by atoms with van der Waals surface area (Å²) in [5.41, 5.74) is 12.1. The number of furan rings is 1. The molecule has 0 bridgehead atoms. The zero-order valence-electron chi connectivity index (χ0n) is 30.6. The molecule has 0 atom stereocenters. The Balaban J connectivity index is 1.07. The Labute approximate surface area is 325 Å². The molecule has 1 aromatic heterocycles. The van der Waals surface area contributed by atoms with E-state index in [9.17, 15) is 0 Å². The van der Waals surface area contributed by atoms with Gasteiger partial charge in [-0.25, -0.2) is 0 Å². The van der Waals surface area contributed by atoms with Crippen molar-refractivity contribution in [1.82, 2.24) is 0 Å². The number of hydrogen-bond acceptors (Lipinski definition) is 2. The normalized spacial score (nSPS) is 11.6. The topological polar surface area (TPSA) is 16.4 Å². The van der Waals surface area contributed by atoms with Gasteiger partial charge in [0.1, 0.15) is 11.2 Å². The van der Waals surface area contributed by atoms with Crippen LogP contribution in [0.3, 0.4) is 0 Å². The van der Waals surface area contributed by atoms with Gasteiger partial charge in [-0.05, 0) is 91.1 Å². The van der Waals surface area contributed by atoms with Gasteiger partial charge in [-0.3, -0.25) is 0 Å². The van der Waals surface area contributed by atoms with Crippen molar-refractivity contribution in [2.45, 2.75) is 0 Å². The summed E-state index contributed by atoms with van der Waals surface area (Å²) in [6.45, 7) is 0. The van der Waals surface area contributed by atoms with Gasteiger partial charge in [0.2, 0.25) is 0 Å². The van der Waals surface area contributed by atoms with E-state index in [0.717, 1.165) is 50.1 Å². The maximum absolute atomic E-state index is 6.44. The Kier molecular flexibility index (Phi) is 7.53. The second-order valence-electron chi connectivity index (χ2n) is 14.4. The summed E-state index contributed by atoms with van der Waals surface area (Å²) < 4.78 is 6.44. The fraction of sp³-hybridized carbons (Fsp3) is 0. The number of fused-ring (bicyclic) bond motifs is 7. The minimum Gasteiger partial charge on any atom is -0.455 e. The summed E-state index contributed by atoms with van der Waals surface area (Å²) in [6.07, 6.45) is 0. The summed E-state index contributed by atoms with van der Waals surface area (Å²) in [7, 11) is 0. The standard InChI is InChI=1S/C54H35NO/c1-2-12-36(13-3-1)37-24-29-40(30-25-37)55(41-31-26-39(27-32-41)43-19-10-22-51-50-18-8-9-23-53(50)56-54(43)51)52-35-34-48(46-16-6-7-17-49(46)52)45-21-11-20-44-42-15-5-4-14-38(42)28-33-47(44)45/h1-35H. The smallest absolute Gasteiger partial charge is 0.143 e. The first kappa shape index (κ1) is 32.0. The minimum atomic E-state index is 0.906. The fourth-order valence-electron chi connectivity index (χ4n) is 8.61. The van der Waals surface area contributed by atoms with Crippen LogP contribution in [-0.2, 0) is 0 Å². The highest BCUT2D eigenvalue weighted by atomic mass is 16.3. The molecule has 2 nitrogen and oxygen atoms in total. The van der Waals surface area contributed by atoms with Crippen LogP contribution in [0, 0.1) is 0 Å². The monoisotopic (exact) mass is 713 g/mol. The number of benzene rings is 10. The van der Waals surface area contributed by atoms with E-state index in [-0.39, 0.29) is 0 Å². The van der Waals surface area contributed by atoms with Crippen molar-refractivity contribution >= 4 is 71.3 Å².